The molecule has 2 aromatic carbocycles. The molecule has 1 aliphatic rings. The summed E-state index contributed by atoms with van der Waals surface area (Å²) >= 11 is 3.25. The molecule has 0 unspecified atom stereocenters. The maximum absolute atomic E-state index is 12.4. The van der Waals surface area contributed by atoms with E-state index in [2.05, 4.69) is 15.8 Å². The van der Waals surface area contributed by atoms with E-state index in [1.807, 2.05) is 42.5 Å². The summed E-state index contributed by atoms with van der Waals surface area (Å²) in [6.07, 6.45) is 5.36. The highest BCUT2D eigenvalue weighted by atomic mass is 32.2. The number of thiazole rings is 1. The van der Waals surface area contributed by atoms with Crippen LogP contribution in [0.5, 0.6) is 11.5 Å². The third-order valence-electron chi connectivity index (χ3n) is 4.29. The fraction of sp³-hybridized carbons (Fsp3) is 0.238. The summed E-state index contributed by atoms with van der Waals surface area (Å²) in [6.45, 7) is 1.87. The Morgan fingerprint density at radius 2 is 1.96 bits per heavy atom. The Balaban J connectivity index is 1.73. The number of ether oxygens (including phenoxy) is 2. The molecule has 5 nitrogen and oxygen atoms in total. The molecule has 0 saturated heterocycles. The van der Waals surface area contributed by atoms with Gasteiger partial charge in [0.2, 0.25) is 0 Å². The summed E-state index contributed by atoms with van der Waals surface area (Å²) in [6, 6.07) is 13.7. The van der Waals surface area contributed by atoms with Gasteiger partial charge in [0.05, 0.1) is 10.2 Å². The minimum Gasteiger partial charge on any atom is -0.486 e. The Bertz CT molecular complexity index is 1080. The highest BCUT2D eigenvalue weighted by molar-refractivity contribution is 7.98. The monoisotopic (exact) mass is 412 g/mol. The van der Waals surface area contributed by atoms with Gasteiger partial charge in [0.15, 0.2) is 16.3 Å². The van der Waals surface area contributed by atoms with Crippen molar-refractivity contribution >= 4 is 45.3 Å². The van der Waals surface area contributed by atoms with E-state index in [0.717, 1.165) is 39.6 Å². The van der Waals surface area contributed by atoms with Gasteiger partial charge in [-0.1, -0.05) is 41.7 Å². The minimum atomic E-state index is -0.273. The van der Waals surface area contributed by atoms with Gasteiger partial charge >= 0.3 is 0 Å². The van der Waals surface area contributed by atoms with Gasteiger partial charge in [-0.15, -0.1) is 0 Å². The number of thioether (sulfide) groups is 1. The molecule has 0 bridgehead atoms. The van der Waals surface area contributed by atoms with Gasteiger partial charge < -0.3 is 14.0 Å². The molecule has 0 spiro atoms. The molecule has 0 aliphatic carbocycles. The average Bonchev–Trinajstić information content (AvgIpc) is 3.05. The van der Waals surface area contributed by atoms with Crippen LogP contribution in [0.2, 0.25) is 0 Å². The van der Waals surface area contributed by atoms with Gasteiger partial charge in [0, 0.05) is 30.5 Å². The van der Waals surface area contributed by atoms with E-state index in [0.29, 0.717) is 18.0 Å². The number of carbonyl (C=O) groups excluding carboxylic acids is 1. The van der Waals surface area contributed by atoms with Crippen LogP contribution < -0.4 is 14.3 Å². The maximum atomic E-state index is 12.4. The number of aromatic nitrogens is 1. The van der Waals surface area contributed by atoms with Crippen LogP contribution in [0.3, 0.4) is 0 Å². The Labute approximate surface area is 171 Å². The molecule has 28 heavy (non-hydrogen) atoms. The lowest BCUT2D eigenvalue weighted by atomic mass is 10.2. The molecule has 4 rings (SSSR count). The molecule has 1 aromatic heterocycles. The van der Waals surface area contributed by atoms with Crippen LogP contribution in [-0.2, 0) is 11.3 Å². The predicted molar refractivity (Wildman–Crippen MR) is 115 cm³/mol. The molecule has 0 fully saturated rings. The lowest BCUT2D eigenvalue weighted by molar-refractivity contribution is -0.113. The second-order valence-corrected chi connectivity index (χ2v) is 8.18. The average molecular weight is 413 g/mol. The van der Waals surface area contributed by atoms with Crippen molar-refractivity contribution in [2.45, 2.75) is 6.54 Å². The van der Waals surface area contributed by atoms with Gasteiger partial charge in [-0.05, 0) is 17.9 Å². The highest BCUT2D eigenvalue weighted by Gasteiger charge is 2.16. The number of hydrogen-bond acceptors (Lipinski definition) is 5. The molecule has 144 valence electrons. The standard InChI is InChI=1S/C21H20N2O3S2/c1-27-12-9-23-16-13-17-18(26-11-10-25-17)14-19(16)28-21(23)22-20(24)8-7-15-5-3-2-4-6-15/h2-8,13-14H,9-12H2,1H3. The van der Waals surface area contributed by atoms with Crippen LogP contribution >= 0.6 is 23.1 Å². The minimum absolute atomic E-state index is 0.273. The zero-order chi connectivity index (χ0) is 19.3. The zero-order valence-corrected chi connectivity index (χ0v) is 17.1. The summed E-state index contributed by atoms with van der Waals surface area (Å²) in [5, 5.41) is 0. The van der Waals surface area contributed by atoms with Crippen LogP contribution in [0.1, 0.15) is 5.56 Å². The lowest BCUT2D eigenvalue weighted by Crippen LogP contribution is -2.18. The molecule has 1 amide bonds. The molecule has 3 aromatic rings. The summed E-state index contributed by atoms with van der Waals surface area (Å²) < 4.78 is 14.5. The first-order valence-electron chi connectivity index (χ1n) is 8.98. The second kappa shape index (κ2) is 8.67. The van der Waals surface area contributed by atoms with Crippen molar-refractivity contribution in [3.63, 3.8) is 0 Å². The topological polar surface area (TPSA) is 52.8 Å². The number of fused-ring (bicyclic) bond motifs is 2. The van der Waals surface area contributed by atoms with Crippen molar-refractivity contribution < 1.29 is 14.3 Å². The van der Waals surface area contributed by atoms with E-state index in [1.54, 1.807) is 17.8 Å². The largest absolute Gasteiger partial charge is 0.486 e. The molecule has 0 radical (unpaired) electrons. The summed E-state index contributed by atoms with van der Waals surface area (Å²) in [5.74, 6) is 2.15. The Kier molecular flexibility index (Phi) is 5.83. The predicted octanol–water partition coefficient (Wildman–Crippen LogP) is 3.98. The molecule has 1 aliphatic heterocycles. The molecule has 0 N–H and O–H groups in total. The van der Waals surface area contributed by atoms with Crippen LogP contribution in [0.15, 0.2) is 53.5 Å². The van der Waals surface area contributed by atoms with Crippen molar-refractivity contribution in [2.75, 3.05) is 25.2 Å². The van der Waals surface area contributed by atoms with Crippen LogP contribution in [0.25, 0.3) is 16.3 Å². The Morgan fingerprint density at radius 1 is 1.21 bits per heavy atom. The first kappa shape index (κ1) is 18.8. The highest BCUT2D eigenvalue weighted by Crippen LogP contribution is 2.35. The summed E-state index contributed by atoms with van der Waals surface area (Å²) in [4.78, 5) is 17.5. The smallest absolute Gasteiger partial charge is 0.272 e. The molecule has 0 saturated carbocycles. The summed E-state index contributed by atoms with van der Waals surface area (Å²) in [5.41, 5.74) is 1.99. The van der Waals surface area contributed by atoms with E-state index in [9.17, 15) is 4.79 Å². The van der Waals surface area contributed by atoms with E-state index in [1.165, 1.54) is 17.4 Å². The Morgan fingerprint density at radius 3 is 2.71 bits per heavy atom. The number of hydrogen-bond donors (Lipinski definition) is 0. The van der Waals surface area contributed by atoms with Crippen molar-refractivity contribution in [1.29, 1.82) is 0 Å². The number of amides is 1. The van der Waals surface area contributed by atoms with Gasteiger partial charge in [-0.2, -0.15) is 16.8 Å². The van der Waals surface area contributed by atoms with Crippen molar-refractivity contribution in [1.82, 2.24) is 4.57 Å². The van der Waals surface area contributed by atoms with Gasteiger partial charge in [-0.25, -0.2) is 0 Å². The number of rotatable bonds is 5. The SMILES string of the molecule is CSCCn1c(=NC(=O)C=Cc2ccccc2)sc2cc3c(cc21)OCCO3. The molecular formula is C21H20N2O3S2. The van der Waals surface area contributed by atoms with Crippen molar-refractivity contribution in [3.8, 4) is 11.5 Å². The number of benzene rings is 2. The number of carbonyl (C=O) groups is 1. The van der Waals surface area contributed by atoms with Crippen molar-refractivity contribution in [2.24, 2.45) is 4.99 Å². The second-order valence-electron chi connectivity index (χ2n) is 6.19. The third-order valence-corrected chi connectivity index (χ3v) is 5.92. The van der Waals surface area contributed by atoms with Gasteiger partial charge in [0.25, 0.3) is 5.91 Å². The molecule has 2 heterocycles. The third kappa shape index (κ3) is 4.15. The molecule has 0 atom stereocenters. The van der Waals surface area contributed by atoms with E-state index in [-0.39, 0.29) is 5.91 Å². The Hall–Kier alpha value is -2.51. The number of aryl methyl sites for hydroxylation is 1. The fourth-order valence-corrected chi connectivity index (χ4v) is 4.39. The van der Waals surface area contributed by atoms with Crippen LogP contribution in [0.4, 0.5) is 0 Å². The van der Waals surface area contributed by atoms with Gasteiger partial charge in [0.1, 0.15) is 13.2 Å². The first-order chi connectivity index (χ1) is 13.7. The van der Waals surface area contributed by atoms with Gasteiger partial charge in [-0.3, -0.25) is 4.79 Å². The van der Waals surface area contributed by atoms with Crippen LogP contribution in [0, 0.1) is 0 Å². The van der Waals surface area contributed by atoms with E-state index < -0.39 is 0 Å². The van der Waals surface area contributed by atoms with Crippen LogP contribution in [-0.4, -0.2) is 35.7 Å². The first-order valence-corrected chi connectivity index (χ1v) is 11.2. The van der Waals surface area contributed by atoms with Crippen molar-refractivity contribution in [3.05, 3.63) is 58.9 Å². The fourth-order valence-electron chi connectivity index (χ4n) is 2.95. The lowest BCUT2D eigenvalue weighted by Gasteiger charge is -2.18. The van der Waals surface area contributed by atoms with E-state index >= 15 is 0 Å². The van der Waals surface area contributed by atoms with E-state index in [4.69, 9.17) is 9.47 Å². The molecule has 7 heteroatoms. The summed E-state index contributed by atoms with van der Waals surface area (Å²) in [7, 11) is 0. The zero-order valence-electron chi connectivity index (χ0n) is 15.5. The normalized spacial score (nSPS) is 14.1. The quantitative estimate of drug-likeness (QED) is 0.595. The maximum Gasteiger partial charge on any atom is 0.272 e. The molecular weight excluding hydrogens is 392 g/mol. The number of nitrogens with zero attached hydrogens (tertiary/aromatic N) is 2.